The standard InChI is InChI=1S/C8H18N4O/c9-3-1-4-12-5-2-7(6-12)11-8(10)13/h7H,1-6,9H2,(H3,10,11,13)/t7-/m1/s1. The van der Waals surface area contributed by atoms with Gasteiger partial charge in [0.05, 0.1) is 0 Å². The van der Waals surface area contributed by atoms with Crippen molar-refractivity contribution in [2.75, 3.05) is 26.2 Å². The van der Waals surface area contributed by atoms with Crippen molar-refractivity contribution >= 4 is 6.03 Å². The molecule has 1 saturated heterocycles. The Bertz CT molecular complexity index is 174. The summed E-state index contributed by atoms with van der Waals surface area (Å²) in [6.45, 7) is 3.69. The highest BCUT2D eigenvalue weighted by Crippen LogP contribution is 2.08. The van der Waals surface area contributed by atoms with Crippen LogP contribution in [-0.4, -0.2) is 43.2 Å². The van der Waals surface area contributed by atoms with E-state index < -0.39 is 6.03 Å². The third kappa shape index (κ3) is 3.61. The summed E-state index contributed by atoms with van der Waals surface area (Å²) >= 11 is 0. The predicted octanol–water partition coefficient (Wildman–Crippen LogP) is -0.922. The minimum absolute atomic E-state index is 0.232. The molecule has 1 aliphatic rings. The fraction of sp³-hybridized carbons (Fsp3) is 0.875. The highest BCUT2D eigenvalue weighted by atomic mass is 16.2. The van der Waals surface area contributed by atoms with Gasteiger partial charge in [-0.25, -0.2) is 4.79 Å². The van der Waals surface area contributed by atoms with Gasteiger partial charge in [0.1, 0.15) is 0 Å². The molecule has 0 radical (unpaired) electrons. The second kappa shape index (κ2) is 5.04. The zero-order valence-electron chi connectivity index (χ0n) is 7.83. The van der Waals surface area contributed by atoms with Gasteiger partial charge in [0.2, 0.25) is 0 Å². The van der Waals surface area contributed by atoms with E-state index >= 15 is 0 Å². The van der Waals surface area contributed by atoms with Crippen LogP contribution in [0.5, 0.6) is 0 Å². The first-order chi connectivity index (χ1) is 6.22. The Balaban J connectivity index is 2.16. The minimum atomic E-state index is -0.425. The molecule has 0 saturated carbocycles. The summed E-state index contributed by atoms with van der Waals surface area (Å²) in [5.74, 6) is 0. The van der Waals surface area contributed by atoms with E-state index in [2.05, 4.69) is 10.2 Å². The van der Waals surface area contributed by atoms with E-state index in [0.717, 1.165) is 39.0 Å². The van der Waals surface area contributed by atoms with Crippen LogP contribution in [0.4, 0.5) is 4.79 Å². The summed E-state index contributed by atoms with van der Waals surface area (Å²) in [5.41, 5.74) is 10.4. The fourth-order valence-corrected chi connectivity index (χ4v) is 1.67. The maximum atomic E-state index is 10.5. The van der Waals surface area contributed by atoms with Crippen LogP contribution in [-0.2, 0) is 0 Å². The Morgan fingerprint density at radius 1 is 1.62 bits per heavy atom. The lowest BCUT2D eigenvalue weighted by molar-refractivity contribution is 0.244. The molecular formula is C8H18N4O. The van der Waals surface area contributed by atoms with Crippen molar-refractivity contribution < 1.29 is 4.79 Å². The largest absolute Gasteiger partial charge is 0.352 e. The summed E-state index contributed by atoms with van der Waals surface area (Å²) in [5, 5.41) is 2.71. The van der Waals surface area contributed by atoms with Gasteiger partial charge in [-0.3, -0.25) is 0 Å². The summed E-state index contributed by atoms with van der Waals surface area (Å²) in [6.07, 6.45) is 2.01. The molecular weight excluding hydrogens is 168 g/mol. The van der Waals surface area contributed by atoms with E-state index in [9.17, 15) is 4.79 Å². The highest BCUT2D eigenvalue weighted by molar-refractivity contribution is 5.72. The smallest absolute Gasteiger partial charge is 0.312 e. The molecule has 0 aliphatic carbocycles. The van der Waals surface area contributed by atoms with Crippen LogP contribution in [0.3, 0.4) is 0 Å². The highest BCUT2D eigenvalue weighted by Gasteiger charge is 2.22. The summed E-state index contributed by atoms with van der Waals surface area (Å²) in [6, 6.07) is -0.194. The maximum absolute atomic E-state index is 10.5. The Kier molecular flexibility index (Phi) is 3.98. The summed E-state index contributed by atoms with van der Waals surface area (Å²) in [7, 11) is 0. The monoisotopic (exact) mass is 186 g/mol. The van der Waals surface area contributed by atoms with Crippen molar-refractivity contribution in [3.63, 3.8) is 0 Å². The van der Waals surface area contributed by atoms with E-state index in [1.165, 1.54) is 0 Å². The van der Waals surface area contributed by atoms with Gasteiger partial charge >= 0.3 is 6.03 Å². The van der Waals surface area contributed by atoms with Crippen molar-refractivity contribution in [2.24, 2.45) is 11.5 Å². The first kappa shape index (κ1) is 10.3. The van der Waals surface area contributed by atoms with Crippen molar-refractivity contribution in [3.05, 3.63) is 0 Å². The topological polar surface area (TPSA) is 84.4 Å². The Hall–Kier alpha value is -0.810. The summed E-state index contributed by atoms with van der Waals surface area (Å²) in [4.78, 5) is 12.8. The normalized spacial score (nSPS) is 23.3. The number of urea groups is 1. The van der Waals surface area contributed by atoms with Crippen LogP contribution < -0.4 is 16.8 Å². The molecule has 0 bridgehead atoms. The van der Waals surface area contributed by atoms with Gasteiger partial charge in [-0.05, 0) is 25.9 Å². The molecule has 1 heterocycles. The average molecular weight is 186 g/mol. The molecule has 1 rings (SSSR count). The van der Waals surface area contributed by atoms with Gasteiger partial charge < -0.3 is 21.7 Å². The molecule has 13 heavy (non-hydrogen) atoms. The van der Waals surface area contributed by atoms with Crippen LogP contribution in [0.1, 0.15) is 12.8 Å². The molecule has 2 amide bonds. The Labute approximate surface area is 78.4 Å². The van der Waals surface area contributed by atoms with Crippen LogP contribution in [0.15, 0.2) is 0 Å². The number of nitrogens with one attached hydrogen (secondary N) is 1. The molecule has 5 N–H and O–H groups in total. The van der Waals surface area contributed by atoms with E-state index in [1.807, 2.05) is 0 Å². The van der Waals surface area contributed by atoms with Crippen molar-refractivity contribution in [3.8, 4) is 0 Å². The average Bonchev–Trinajstić information content (AvgIpc) is 2.48. The van der Waals surface area contributed by atoms with E-state index in [-0.39, 0.29) is 6.04 Å². The summed E-state index contributed by atoms with van der Waals surface area (Å²) < 4.78 is 0. The van der Waals surface area contributed by atoms with Crippen LogP contribution in [0, 0.1) is 0 Å². The van der Waals surface area contributed by atoms with Crippen molar-refractivity contribution in [1.82, 2.24) is 10.2 Å². The molecule has 5 nitrogen and oxygen atoms in total. The third-order valence-electron chi connectivity index (χ3n) is 2.30. The van der Waals surface area contributed by atoms with Crippen molar-refractivity contribution in [1.29, 1.82) is 0 Å². The lowest BCUT2D eigenvalue weighted by atomic mass is 10.3. The van der Waals surface area contributed by atoms with Crippen LogP contribution >= 0.6 is 0 Å². The number of carbonyl (C=O) groups excluding carboxylic acids is 1. The fourth-order valence-electron chi connectivity index (χ4n) is 1.67. The quantitative estimate of drug-likeness (QED) is 0.531. The molecule has 1 atom stereocenters. The molecule has 1 aliphatic heterocycles. The molecule has 0 unspecified atom stereocenters. The van der Waals surface area contributed by atoms with Gasteiger partial charge in [0.15, 0.2) is 0 Å². The second-order valence-electron chi connectivity index (χ2n) is 3.44. The number of primary amides is 1. The minimum Gasteiger partial charge on any atom is -0.352 e. The molecule has 0 aromatic carbocycles. The van der Waals surface area contributed by atoms with Crippen LogP contribution in [0.2, 0.25) is 0 Å². The predicted molar refractivity (Wildman–Crippen MR) is 51.2 cm³/mol. The number of likely N-dealkylation sites (tertiary alicyclic amines) is 1. The molecule has 76 valence electrons. The Morgan fingerprint density at radius 2 is 2.38 bits per heavy atom. The van der Waals surface area contributed by atoms with Gasteiger partial charge in [-0.15, -0.1) is 0 Å². The van der Waals surface area contributed by atoms with Gasteiger partial charge in [0, 0.05) is 19.1 Å². The van der Waals surface area contributed by atoms with Gasteiger partial charge in [-0.1, -0.05) is 0 Å². The second-order valence-corrected chi connectivity index (χ2v) is 3.44. The zero-order valence-corrected chi connectivity index (χ0v) is 7.83. The first-order valence-electron chi connectivity index (χ1n) is 4.70. The molecule has 0 aromatic heterocycles. The molecule has 5 heteroatoms. The third-order valence-corrected chi connectivity index (χ3v) is 2.30. The van der Waals surface area contributed by atoms with E-state index in [1.54, 1.807) is 0 Å². The zero-order chi connectivity index (χ0) is 9.68. The Morgan fingerprint density at radius 3 is 3.00 bits per heavy atom. The molecule has 1 fully saturated rings. The molecule has 0 aromatic rings. The van der Waals surface area contributed by atoms with Gasteiger partial charge in [0.25, 0.3) is 0 Å². The maximum Gasteiger partial charge on any atom is 0.312 e. The number of nitrogens with two attached hydrogens (primary N) is 2. The lowest BCUT2D eigenvalue weighted by Crippen LogP contribution is -2.40. The van der Waals surface area contributed by atoms with Crippen molar-refractivity contribution in [2.45, 2.75) is 18.9 Å². The SMILES string of the molecule is NCCCN1CC[C@@H](NC(N)=O)C1. The first-order valence-corrected chi connectivity index (χ1v) is 4.70. The number of amides is 2. The number of hydrogen-bond donors (Lipinski definition) is 3. The van der Waals surface area contributed by atoms with E-state index in [0.29, 0.717) is 0 Å². The molecule has 0 spiro atoms. The number of nitrogens with zero attached hydrogens (tertiary/aromatic N) is 1. The number of rotatable bonds is 4. The van der Waals surface area contributed by atoms with Crippen LogP contribution in [0.25, 0.3) is 0 Å². The van der Waals surface area contributed by atoms with E-state index in [4.69, 9.17) is 11.5 Å². The number of carbonyl (C=O) groups is 1. The lowest BCUT2D eigenvalue weighted by Gasteiger charge is -2.15. The van der Waals surface area contributed by atoms with Gasteiger partial charge in [-0.2, -0.15) is 0 Å². The number of hydrogen-bond acceptors (Lipinski definition) is 3.